The summed E-state index contributed by atoms with van der Waals surface area (Å²) >= 11 is 0. The van der Waals surface area contributed by atoms with Gasteiger partial charge in [-0.25, -0.2) is 9.59 Å². The fourth-order valence-corrected chi connectivity index (χ4v) is 2.04. The van der Waals surface area contributed by atoms with E-state index in [1.807, 2.05) is 0 Å². The molecule has 10 heteroatoms. The Morgan fingerprint density at radius 3 is 1.58 bits per heavy atom. The van der Waals surface area contributed by atoms with Crippen LogP contribution in [0.5, 0.6) is 0 Å². The largest absolute Gasteiger partial charge is 0.659 e. The van der Waals surface area contributed by atoms with Crippen LogP contribution in [-0.4, -0.2) is 32.2 Å². The zero-order chi connectivity index (χ0) is 17.0. The Hall–Kier alpha value is -2.02. The molecule has 0 bridgehead atoms. The number of nitrogens with one attached hydrogen (secondary N) is 2. The number of hydrogen-bond donors (Lipinski definition) is 2. The van der Waals surface area contributed by atoms with Crippen molar-refractivity contribution in [2.45, 2.75) is 26.9 Å². The molecule has 131 valence electrons. The van der Waals surface area contributed by atoms with Crippen LogP contribution in [0.15, 0.2) is 31.6 Å². The first-order chi connectivity index (χ1) is 10.9. The van der Waals surface area contributed by atoms with Gasteiger partial charge in [0.2, 0.25) is 0 Å². The van der Waals surface area contributed by atoms with Crippen molar-refractivity contribution in [2.24, 2.45) is 0 Å². The second-order valence-electron chi connectivity index (χ2n) is 5.20. The van der Waals surface area contributed by atoms with E-state index in [1.54, 1.807) is 13.8 Å². The summed E-state index contributed by atoms with van der Waals surface area (Å²) in [7, 11) is 0. The summed E-state index contributed by atoms with van der Waals surface area (Å²) in [6, 6.07) is 0. The molecule has 0 unspecified atom stereocenters. The predicted molar refractivity (Wildman–Crippen MR) is 85.2 cm³/mol. The first kappa shape index (κ1) is 20.0. The van der Waals surface area contributed by atoms with Crippen LogP contribution in [-0.2, 0) is 33.5 Å². The molecule has 2 heterocycles. The van der Waals surface area contributed by atoms with Crippen molar-refractivity contribution in [1.82, 2.24) is 19.1 Å². The fourth-order valence-electron chi connectivity index (χ4n) is 2.04. The molecule has 24 heavy (non-hydrogen) atoms. The molecule has 0 saturated heterocycles. The Labute approximate surface area is 150 Å². The summed E-state index contributed by atoms with van der Waals surface area (Å²) in [4.78, 5) is 50.1. The van der Waals surface area contributed by atoms with Gasteiger partial charge in [-0.05, 0) is 13.8 Å². The van der Waals surface area contributed by atoms with Crippen LogP contribution in [0.4, 0.5) is 0 Å². The van der Waals surface area contributed by atoms with Crippen LogP contribution in [0, 0.1) is 13.8 Å². The third kappa shape index (κ3) is 4.99. The number of aromatic amines is 2. The molecule has 0 saturated carbocycles. The molecule has 1 radical (unpaired) electrons. The predicted octanol–water partition coefficient (Wildman–Crippen LogP) is -0.925. The molecular formula is C14H18N5O4Re-. The zero-order valence-electron chi connectivity index (χ0n) is 13.3. The van der Waals surface area contributed by atoms with Gasteiger partial charge in [0.05, 0.1) is 0 Å². The van der Waals surface area contributed by atoms with E-state index in [2.05, 4.69) is 15.3 Å². The SMILES string of the molecule is Cc1cn(CC[N-]CCn2cc(C)c(=O)[nH]c2=O)c(=O)[nH]c1=O.[Re]. The van der Waals surface area contributed by atoms with Crippen molar-refractivity contribution in [1.29, 1.82) is 0 Å². The Kier molecular flexibility index (Phi) is 7.28. The summed E-state index contributed by atoms with van der Waals surface area (Å²) in [5.41, 5.74) is -0.807. The fraction of sp³-hybridized carbons (Fsp3) is 0.429. The van der Waals surface area contributed by atoms with Gasteiger partial charge in [0.15, 0.2) is 0 Å². The summed E-state index contributed by atoms with van der Waals surface area (Å²) in [5.74, 6) is 0. The van der Waals surface area contributed by atoms with Crippen LogP contribution in [0.3, 0.4) is 0 Å². The van der Waals surface area contributed by atoms with E-state index in [0.29, 0.717) is 37.3 Å². The number of H-pyrrole nitrogens is 2. The van der Waals surface area contributed by atoms with Crippen molar-refractivity contribution in [3.63, 3.8) is 0 Å². The number of aromatic nitrogens is 4. The minimum absolute atomic E-state index is 0. The average Bonchev–Trinajstić information content (AvgIpc) is 2.49. The van der Waals surface area contributed by atoms with Gasteiger partial charge in [-0.15, -0.1) is 13.1 Å². The minimum atomic E-state index is -0.469. The molecule has 0 aliphatic rings. The molecule has 2 aromatic heterocycles. The van der Waals surface area contributed by atoms with Crippen LogP contribution in [0.1, 0.15) is 11.1 Å². The quantitative estimate of drug-likeness (QED) is 0.492. The molecule has 2 aromatic rings. The Morgan fingerprint density at radius 2 is 1.21 bits per heavy atom. The van der Waals surface area contributed by atoms with Gasteiger partial charge in [0.25, 0.3) is 11.1 Å². The van der Waals surface area contributed by atoms with E-state index >= 15 is 0 Å². The summed E-state index contributed by atoms with van der Waals surface area (Å²) in [6.45, 7) is 4.69. The van der Waals surface area contributed by atoms with E-state index in [-0.39, 0.29) is 20.4 Å². The van der Waals surface area contributed by atoms with Gasteiger partial charge in [-0.2, -0.15) is 0 Å². The maximum Gasteiger partial charge on any atom is 0.328 e. The topological polar surface area (TPSA) is 124 Å². The zero-order valence-corrected chi connectivity index (χ0v) is 16.1. The number of nitrogens with zero attached hydrogens (tertiary/aromatic N) is 3. The molecule has 9 nitrogen and oxygen atoms in total. The first-order valence-electron chi connectivity index (χ1n) is 7.12. The van der Waals surface area contributed by atoms with Gasteiger partial charge in [0.1, 0.15) is 0 Å². The molecule has 0 atom stereocenters. The van der Waals surface area contributed by atoms with E-state index in [0.717, 1.165) is 0 Å². The molecule has 0 amide bonds. The normalized spacial score (nSPS) is 10.4. The molecule has 0 spiro atoms. The molecule has 0 aliphatic carbocycles. The molecule has 2 rings (SSSR count). The van der Waals surface area contributed by atoms with Gasteiger partial charge >= 0.3 is 11.4 Å². The number of hydrogen-bond acceptors (Lipinski definition) is 4. The second kappa shape index (κ2) is 8.73. The summed E-state index contributed by atoms with van der Waals surface area (Å²) in [5, 5.41) is 4.24. The Morgan fingerprint density at radius 1 is 0.833 bits per heavy atom. The molecular weight excluding hydrogens is 488 g/mol. The third-order valence-corrected chi connectivity index (χ3v) is 3.38. The first-order valence-corrected chi connectivity index (χ1v) is 7.12. The average molecular weight is 507 g/mol. The molecule has 0 aromatic carbocycles. The summed E-state index contributed by atoms with van der Waals surface area (Å²) < 4.78 is 2.77. The van der Waals surface area contributed by atoms with Gasteiger partial charge in [-0.3, -0.25) is 19.6 Å². The van der Waals surface area contributed by atoms with E-state index < -0.39 is 22.5 Å². The van der Waals surface area contributed by atoms with E-state index in [4.69, 9.17) is 0 Å². The van der Waals surface area contributed by atoms with Gasteiger partial charge in [-0.1, -0.05) is 0 Å². The van der Waals surface area contributed by atoms with Crippen molar-refractivity contribution in [2.75, 3.05) is 13.1 Å². The van der Waals surface area contributed by atoms with Crippen LogP contribution < -0.4 is 22.5 Å². The van der Waals surface area contributed by atoms with Crippen LogP contribution in [0.25, 0.3) is 5.32 Å². The van der Waals surface area contributed by atoms with E-state index in [9.17, 15) is 19.2 Å². The van der Waals surface area contributed by atoms with E-state index in [1.165, 1.54) is 21.5 Å². The summed E-state index contributed by atoms with van der Waals surface area (Å²) in [6.07, 6.45) is 2.99. The minimum Gasteiger partial charge on any atom is -0.659 e. The molecule has 2 N–H and O–H groups in total. The maximum atomic E-state index is 11.6. The number of aryl methyl sites for hydroxylation is 2. The molecule has 0 aliphatic heterocycles. The molecule has 0 fully saturated rings. The van der Waals surface area contributed by atoms with Crippen LogP contribution >= 0.6 is 0 Å². The maximum absolute atomic E-state index is 11.6. The second-order valence-corrected chi connectivity index (χ2v) is 5.20. The Balaban J connectivity index is 0.00000288. The van der Waals surface area contributed by atoms with Crippen LogP contribution in [0.2, 0.25) is 0 Å². The monoisotopic (exact) mass is 507 g/mol. The van der Waals surface area contributed by atoms with Crippen molar-refractivity contribution in [3.05, 3.63) is 70.5 Å². The third-order valence-electron chi connectivity index (χ3n) is 3.38. The standard InChI is InChI=1S/C14H18N5O4.Re/c1-9-7-18(13(22)16-11(9)20)5-3-15-4-6-19-8-10(2)12(21)17-14(19)23;/h7-8H,3-6H2,1-2H3,(H,16,20,22)(H,17,21,23);/q-1;. The smallest absolute Gasteiger partial charge is 0.328 e. The van der Waals surface area contributed by atoms with Crippen molar-refractivity contribution in [3.8, 4) is 0 Å². The van der Waals surface area contributed by atoms with Gasteiger partial charge in [0, 0.05) is 57.0 Å². The Bertz CT molecular complexity index is 849. The van der Waals surface area contributed by atoms with Crippen molar-refractivity contribution >= 4 is 0 Å². The van der Waals surface area contributed by atoms with Crippen molar-refractivity contribution < 1.29 is 20.4 Å². The van der Waals surface area contributed by atoms with Gasteiger partial charge < -0.3 is 14.5 Å². The number of rotatable bonds is 6.